The molecule has 2 aliphatic heterocycles. The lowest BCUT2D eigenvalue weighted by Gasteiger charge is -2.38. The maximum Gasteiger partial charge on any atom is 0.284 e. The van der Waals surface area contributed by atoms with Gasteiger partial charge < -0.3 is 9.80 Å². The molecule has 2 aliphatic rings. The molecule has 0 unspecified atom stereocenters. The van der Waals surface area contributed by atoms with Gasteiger partial charge in [0.25, 0.3) is 5.91 Å². The first-order chi connectivity index (χ1) is 19.0. The van der Waals surface area contributed by atoms with Crippen LogP contribution in [0.4, 0.5) is 15.2 Å². The Labute approximate surface area is 239 Å². The Kier molecular flexibility index (Phi) is 7.29. The topological polar surface area (TPSA) is 52.0 Å². The number of thiazole rings is 1. The molecular weight excluding hydrogens is 553 g/mol. The SMILES string of the molecule is CC(=C1C(=O)N(c2nc3ccccc3s2)N=C1CSc1ccc(Cl)cc1)N1CCN(c2ccc(F)cc2)CC1. The Morgan fingerprint density at radius 3 is 2.44 bits per heavy atom. The molecule has 6 nitrogen and oxygen atoms in total. The van der Waals surface area contributed by atoms with Crippen LogP contribution in [0, 0.1) is 5.82 Å². The minimum Gasteiger partial charge on any atom is -0.371 e. The van der Waals surface area contributed by atoms with E-state index in [0.29, 0.717) is 21.5 Å². The van der Waals surface area contributed by atoms with Crippen molar-refractivity contribution < 1.29 is 9.18 Å². The van der Waals surface area contributed by atoms with Crippen LogP contribution in [0.5, 0.6) is 0 Å². The Morgan fingerprint density at radius 2 is 1.72 bits per heavy atom. The summed E-state index contributed by atoms with van der Waals surface area (Å²) in [6, 6.07) is 22.1. The number of benzene rings is 3. The number of carbonyl (C=O) groups excluding carboxylic acids is 1. The summed E-state index contributed by atoms with van der Waals surface area (Å²) < 4.78 is 14.4. The lowest BCUT2D eigenvalue weighted by molar-refractivity contribution is -0.114. The van der Waals surface area contributed by atoms with Crippen molar-refractivity contribution in [1.29, 1.82) is 0 Å². The number of piperazine rings is 1. The van der Waals surface area contributed by atoms with Gasteiger partial charge in [-0.2, -0.15) is 10.1 Å². The predicted octanol–water partition coefficient (Wildman–Crippen LogP) is 6.68. The molecule has 1 aromatic heterocycles. The molecule has 0 atom stereocenters. The minimum absolute atomic E-state index is 0.153. The van der Waals surface area contributed by atoms with Gasteiger partial charge in [0.2, 0.25) is 5.13 Å². The number of nitrogens with zero attached hydrogens (tertiary/aromatic N) is 5. The largest absolute Gasteiger partial charge is 0.371 e. The molecule has 3 aromatic carbocycles. The van der Waals surface area contributed by atoms with Gasteiger partial charge in [0.1, 0.15) is 5.82 Å². The van der Waals surface area contributed by atoms with Crippen molar-refractivity contribution in [2.24, 2.45) is 5.10 Å². The van der Waals surface area contributed by atoms with E-state index < -0.39 is 0 Å². The Bertz CT molecular complexity index is 1540. The highest BCUT2D eigenvalue weighted by Crippen LogP contribution is 2.35. The van der Waals surface area contributed by atoms with Crippen molar-refractivity contribution in [2.45, 2.75) is 11.8 Å². The van der Waals surface area contributed by atoms with Gasteiger partial charge in [0.05, 0.1) is 21.5 Å². The van der Waals surface area contributed by atoms with Crippen molar-refractivity contribution in [3.05, 3.63) is 94.9 Å². The molecule has 0 saturated carbocycles. The van der Waals surface area contributed by atoms with Crippen LogP contribution in [0.3, 0.4) is 0 Å². The van der Waals surface area contributed by atoms with E-state index in [9.17, 15) is 9.18 Å². The van der Waals surface area contributed by atoms with Gasteiger partial charge in [0, 0.05) is 53.2 Å². The van der Waals surface area contributed by atoms with E-state index in [-0.39, 0.29) is 11.7 Å². The summed E-state index contributed by atoms with van der Waals surface area (Å²) >= 11 is 9.14. The van der Waals surface area contributed by atoms with Crippen LogP contribution in [-0.4, -0.2) is 53.4 Å². The summed E-state index contributed by atoms with van der Waals surface area (Å²) in [6.45, 7) is 5.05. The third-order valence-electron chi connectivity index (χ3n) is 6.88. The number of anilines is 2. The number of carbonyl (C=O) groups is 1. The van der Waals surface area contributed by atoms with Crippen molar-refractivity contribution >= 4 is 67.4 Å². The van der Waals surface area contributed by atoms with E-state index >= 15 is 0 Å². The van der Waals surface area contributed by atoms with Crippen molar-refractivity contribution in [3.63, 3.8) is 0 Å². The quantitative estimate of drug-likeness (QED) is 0.189. The van der Waals surface area contributed by atoms with E-state index in [1.165, 1.54) is 28.5 Å². The van der Waals surface area contributed by atoms with Crippen LogP contribution in [0.25, 0.3) is 10.2 Å². The van der Waals surface area contributed by atoms with Crippen LogP contribution in [0.2, 0.25) is 5.02 Å². The fourth-order valence-electron chi connectivity index (χ4n) is 4.78. The molecule has 3 heterocycles. The van der Waals surface area contributed by atoms with Gasteiger partial charge in [-0.3, -0.25) is 4.79 Å². The number of hydrazone groups is 1. The minimum atomic E-state index is -0.237. The maximum absolute atomic E-state index is 13.9. The summed E-state index contributed by atoms with van der Waals surface area (Å²) in [7, 11) is 0. The highest BCUT2D eigenvalue weighted by Gasteiger charge is 2.36. The highest BCUT2D eigenvalue weighted by molar-refractivity contribution is 8.00. The highest BCUT2D eigenvalue weighted by atomic mass is 35.5. The molecule has 0 spiro atoms. The molecule has 10 heteroatoms. The van der Waals surface area contributed by atoms with E-state index in [1.54, 1.807) is 11.8 Å². The summed E-state index contributed by atoms with van der Waals surface area (Å²) in [5, 5.41) is 7.52. The van der Waals surface area contributed by atoms with Gasteiger partial charge in [0.15, 0.2) is 0 Å². The van der Waals surface area contributed by atoms with Gasteiger partial charge >= 0.3 is 0 Å². The summed E-state index contributed by atoms with van der Waals surface area (Å²) in [5.74, 6) is 0.148. The number of hydrogen-bond acceptors (Lipinski definition) is 7. The fraction of sp³-hybridized carbons (Fsp3) is 0.207. The number of para-hydroxylation sites is 1. The third kappa shape index (κ3) is 5.39. The van der Waals surface area contributed by atoms with E-state index in [0.717, 1.165) is 58.4 Å². The molecule has 39 heavy (non-hydrogen) atoms. The van der Waals surface area contributed by atoms with Crippen LogP contribution < -0.4 is 9.91 Å². The molecule has 198 valence electrons. The third-order valence-corrected chi connectivity index (χ3v) is 9.16. The second kappa shape index (κ2) is 11.0. The molecule has 1 amide bonds. The van der Waals surface area contributed by atoms with Gasteiger partial charge in [-0.05, 0) is 67.6 Å². The first-order valence-electron chi connectivity index (χ1n) is 12.6. The summed E-state index contributed by atoms with van der Waals surface area (Å²) in [4.78, 5) is 24.1. The summed E-state index contributed by atoms with van der Waals surface area (Å²) in [6.07, 6.45) is 0. The number of hydrogen-bond donors (Lipinski definition) is 0. The van der Waals surface area contributed by atoms with E-state index in [4.69, 9.17) is 16.7 Å². The molecule has 4 aromatic rings. The number of fused-ring (bicyclic) bond motifs is 1. The average molecular weight is 578 g/mol. The molecule has 1 fully saturated rings. The second-order valence-electron chi connectivity index (χ2n) is 9.28. The fourth-order valence-corrected chi connectivity index (χ4v) is 6.66. The molecule has 1 saturated heterocycles. The normalized spacial score (nSPS) is 17.3. The van der Waals surface area contributed by atoms with Crippen LogP contribution >= 0.6 is 34.7 Å². The number of amides is 1. The Hall–Kier alpha value is -3.40. The van der Waals surface area contributed by atoms with Crippen molar-refractivity contribution in [1.82, 2.24) is 9.88 Å². The van der Waals surface area contributed by atoms with Crippen molar-refractivity contribution in [2.75, 3.05) is 41.8 Å². The van der Waals surface area contributed by atoms with Gasteiger partial charge in [-0.15, -0.1) is 11.8 Å². The molecule has 0 aliphatic carbocycles. The average Bonchev–Trinajstić information content (AvgIpc) is 3.53. The number of allylic oxidation sites excluding steroid dienone is 1. The second-order valence-corrected chi connectivity index (χ2v) is 11.8. The number of aromatic nitrogens is 1. The number of thioether (sulfide) groups is 1. The zero-order valence-electron chi connectivity index (χ0n) is 21.2. The van der Waals surface area contributed by atoms with E-state index in [2.05, 4.69) is 14.8 Å². The lowest BCUT2D eigenvalue weighted by atomic mass is 10.1. The smallest absolute Gasteiger partial charge is 0.284 e. The van der Waals surface area contributed by atoms with Crippen LogP contribution in [0.1, 0.15) is 6.92 Å². The van der Waals surface area contributed by atoms with Gasteiger partial charge in [-0.25, -0.2) is 9.37 Å². The Morgan fingerprint density at radius 1 is 1.00 bits per heavy atom. The van der Waals surface area contributed by atoms with Gasteiger partial charge in [-0.1, -0.05) is 35.1 Å². The molecule has 0 radical (unpaired) electrons. The van der Waals surface area contributed by atoms with Crippen molar-refractivity contribution in [3.8, 4) is 0 Å². The maximum atomic E-state index is 13.9. The van der Waals surface area contributed by atoms with E-state index in [1.807, 2.05) is 67.6 Å². The monoisotopic (exact) mass is 577 g/mol. The van der Waals surface area contributed by atoms with Crippen LogP contribution in [0.15, 0.2) is 94.1 Å². The lowest BCUT2D eigenvalue weighted by Crippen LogP contribution is -2.46. The summed E-state index contributed by atoms with van der Waals surface area (Å²) in [5.41, 5.74) is 4.13. The standard InChI is InChI=1S/C29H25ClFN5OS2/c1-19(34-14-16-35(17-15-34)22-10-8-21(31)9-11-22)27-25(18-38-23-12-6-20(30)7-13-23)33-36(28(27)37)29-32-24-4-2-3-5-26(24)39-29/h2-13H,14-18H2,1H3. The molecule has 6 rings (SSSR count). The number of rotatable bonds is 6. The van der Waals surface area contributed by atoms with Crippen LogP contribution in [-0.2, 0) is 4.79 Å². The zero-order valence-corrected chi connectivity index (χ0v) is 23.6. The first kappa shape index (κ1) is 25.9. The predicted molar refractivity (Wildman–Crippen MR) is 160 cm³/mol. The molecule has 0 N–H and O–H groups in total. The molecular formula is C29H25ClFN5OS2. The molecule has 0 bridgehead atoms. The first-order valence-corrected chi connectivity index (χ1v) is 14.8. The number of halogens is 2. The Balaban J connectivity index is 1.27. The zero-order chi connectivity index (χ0) is 26.9.